The average Bonchev–Trinajstić information content (AvgIpc) is 2.44. The van der Waals surface area contributed by atoms with E-state index >= 15 is 0 Å². The summed E-state index contributed by atoms with van der Waals surface area (Å²) in [5.41, 5.74) is 0.831. The molecule has 1 aromatic rings. The van der Waals surface area contributed by atoms with Gasteiger partial charge in [-0.2, -0.15) is 13.2 Å². The van der Waals surface area contributed by atoms with E-state index in [2.05, 4.69) is 0 Å². The van der Waals surface area contributed by atoms with Crippen LogP contribution < -0.4 is 0 Å². The number of benzene rings is 1. The number of alkyl halides is 3. The zero-order valence-corrected chi connectivity index (χ0v) is 12.4. The van der Waals surface area contributed by atoms with Gasteiger partial charge in [-0.25, -0.2) is 4.79 Å². The van der Waals surface area contributed by atoms with Crippen LogP contribution in [-0.2, 0) is 16.0 Å². The molecule has 22 heavy (non-hydrogen) atoms. The number of ketones is 1. The first-order valence-electron chi connectivity index (χ1n) is 7.10. The maximum atomic E-state index is 12.1. The highest BCUT2D eigenvalue weighted by atomic mass is 19.4. The lowest BCUT2D eigenvalue weighted by Gasteiger charge is -2.07. The number of carbonyl (C=O) groups excluding carboxylic acids is 2. The minimum Gasteiger partial charge on any atom is -0.462 e. The smallest absolute Gasteiger partial charge is 0.389 e. The third-order valence-corrected chi connectivity index (χ3v) is 3.04. The molecule has 0 unspecified atom stereocenters. The van der Waals surface area contributed by atoms with Crippen molar-refractivity contribution in [1.82, 2.24) is 0 Å². The number of halogens is 3. The first-order valence-corrected chi connectivity index (χ1v) is 7.10. The standard InChI is InChI=1S/C16H19F3O3/c1-12(20)4-2-3-11-22-15(21)14-7-5-13(6-8-14)9-10-16(17,18)19/h5-8H,2-4,9-11H2,1H3. The molecule has 0 saturated carbocycles. The zero-order valence-electron chi connectivity index (χ0n) is 12.4. The lowest BCUT2D eigenvalue weighted by molar-refractivity contribution is -0.134. The molecule has 122 valence electrons. The lowest BCUT2D eigenvalue weighted by atomic mass is 10.1. The molecule has 0 aliphatic rings. The number of aryl methyl sites for hydroxylation is 1. The Morgan fingerprint density at radius 1 is 1.09 bits per heavy atom. The molecule has 0 radical (unpaired) electrons. The van der Waals surface area contributed by atoms with Crippen LogP contribution in [-0.4, -0.2) is 24.5 Å². The lowest BCUT2D eigenvalue weighted by Crippen LogP contribution is -2.09. The summed E-state index contributed by atoms with van der Waals surface area (Å²) in [6.45, 7) is 1.73. The second-order valence-electron chi connectivity index (χ2n) is 5.11. The van der Waals surface area contributed by atoms with Gasteiger partial charge in [0.1, 0.15) is 5.78 Å². The second kappa shape index (κ2) is 8.56. The van der Waals surface area contributed by atoms with Gasteiger partial charge in [0, 0.05) is 12.8 Å². The molecule has 0 heterocycles. The van der Waals surface area contributed by atoms with Gasteiger partial charge in [-0.15, -0.1) is 0 Å². The third kappa shape index (κ3) is 7.81. The van der Waals surface area contributed by atoms with Gasteiger partial charge in [-0.3, -0.25) is 0 Å². The minimum absolute atomic E-state index is 0.0979. The predicted octanol–water partition coefficient (Wildman–Crippen LogP) is 4.10. The Balaban J connectivity index is 2.36. The van der Waals surface area contributed by atoms with E-state index in [9.17, 15) is 22.8 Å². The van der Waals surface area contributed by atoms with E-state index in [4.69, 9.17) is 4.74 Å². The van der Waals surface area contributed by atoms with E-state index < -0.39 is 18.6 Å². The summed E-state index contributed by atoms with van der Waals surface area (Å²) in [6, 6.07) is 5.92. The SMILES string of the molecule is CC(=O)CCCCOC(=O)c1ccc(CCC(F)(F)F)cc1. The number of hydrogen-bond acceptors (Lipinski definition) is 3. The van der Waals surface area contributed by atoms with Crippen LogP contribution in [0.25, 0.3) is 0 Å². The summed E-state index contributed by atoms with van der Waals surface area (Å²) in [5.74, 6) is -0.411. The van der Waals surface area contributed by atoms with E-state index in [0.717, 1.165) is 0 Å². The molecule has 1 aromatic carbocycles. The summed E-state index contributed by atoms with van der Waals surface area (Å²) >= 11 is 0. The fraction of sp³-hybridized carbons (Fsp3) is 0.500. The molecular weight excluding hydrogens is 297 g/mol. The van der Waals surface area contributed by atoms with Crippen LogP contribution in [0.4, 0.5) is 13.2 Å². The van der Waals surface area contributed by atoms with Gasteiger partial charge in [-0.1, -0.05) is 12.1 Å². The van der Waals surface area contributed by atoms with Crippen molar-refractivity contribution in [1.29, 1.82) is 0 Å². The number of Topliss-reactive ketones (excluding diaryl/α,β-unsaturated/α-hetero) is 1. The van der Waals surface area contributed by atoms with Crippen molar-refractivity contribution in [2.45, 2.75) is 45.2 Å². The van der Waals surface area contributed by atoms with E-state index in [1.54, 1.807) is 0 Å². The fourth-order valence-electron chi connectivity index (χ4n) is 1.82. The Labute approximate surface area is 127 Å². The van der Waals surface area contributed by atoms with Crippen molar-refractivity contribution in [3.63, 3.8) is 0 Å². The molecule has 0 aliphatic carbocycles. The van der Waals surface area contributed by atoms with Crippen molar-refractivity contribution >= 4 is 11.8 Å². The van der Waals surface area contributed by atoms with E-state index in [-0.39, 0.29) is 18.8 Å². The highest BCUT2D eigenvalue weighted by Gasteiger charge is 2.26. The third-order valence-electron chi connectivity index (χ3n) is 3.04. The molecule has 0 amide bonds. The second-order valence-corrected chi connectivity index (χ2v) is 5.11. The number of unbranched alkanes of at least 4 members (excludes halogenated alkanes) is 1. The zero-order chi connectivity index (χ0) is 16.6. The molecule has 6 heteroatoms. The van der Waals surface area contributed by atoms with Gasteiger partial charge in [0.25, 0.3) is 0 Å². The molecule has 0 N–H and O–H groups in total. The Kier molecular flexibility index (Phi) is 7.08. The monoisotopic (exact) mass is 316 g/mol. The topological polar surface area (TPSA) is 43.4 Å². The van der Waals surface area contributed by atoms with Crippen LogP contribution in [0.3, 0.4) is 0 Å². The van der Waals surface area contributed by atoms with Crippen molar-refractivity contribution in [2.75, 3.05) is 6.61 Å². The van der Waals surface area contributed by atoms with Crippen LogP contribution in [0.2, 0.25) is 0 Å². The van der Waals surface area contributed by atoms with Crippen molar-refractivity contribution < 1.29 is 27.5 Å². The van der Waals surface area contributed by atoms with Gasteiger partial charge in [0.2, 0.25) is 0 Å². The number of carbonyl (C=O) groups is 2. The summed E-state index contributed by atoms with van der Waals surface area (Å²) < 4.78 is 41.4. The largest absolute Gasteiger partial charge is 0.462 e. The summed E-state index contributed by atoms with van der Waals surface area (Å²) in [5, 5.41) is 0. The quantitative estimate of drug-likeness (QED) is 0.536. The fourth-order valence-corrected chi connectivity index (χ4v) is 1.82. The highest BCUT2D eigenvalue weighted by Crippen LogP contribution is 2.22. The molecular formula is C16H19F3O3. The van der Waals surface area contributed by atoms with E-state index in [1.165, 1.54) is 31.2 Å². The van der Waals surface area contributed by atoms with Gasteiger partial charge >= 0.3 is 12.1 Å². The molecule has 0 fully saturated rings. The molecule has 0 bridgehead atoms. The first-order chi connectivity index (χ1) is 10.3. The average molecular weight is 316 g/mol. The summed E-state index contributed by atoms with van der Waals surface area (Å²) in [6.07, 6.45) is -3.44. The maximum Gasteiger partial charge on any atom is 0.389 e. The molecule has 0 aliphatic heterocycles. The number of rotatable bonds is 8. The first kappa shape index (κ1) is 18.2. The molecule has 0 atom stereocenters. The van der Waals surface area contributed by atoms with E-state index in [0.29, 0.717) is 30.4 Å². The van der Waals surface area contributed by atoms with Crippen molar-refractivity contribution in [3.05, 3.63) is 35.4 Å². The van der Waals surface area contributed by atoms with Gasteiger partial charge < -0.3 is 9.53 Å². The molecule has 0 spiro atoms. The number of hydrogen-bond donors (Lipinski definition) is 0. The summed E-state index contributed by atoms with van der Waals surface area (Å²) in [4.78, 5) is 22.4. The minimum atomic E-state index is -4.18. The van der Waals surface area contributed by atoms with Gasteiger partial charge in [0.15, 0.2) is 0 Å². The molecule has 0 aromatic heterocycles. The van der Waals surface area contributed by atoms with Crippen molar-refractivity contribution in [3.8, 4) is 0 Å². The number of ether oxygens (including phenoxy) is 1. The van der Waals surface area contributed by atoms with Crippen LogP contribution in [0.1, 0.15) is 48.5 Å². The van der Waals surface area contributed by atoms with E-state index in [1.807, 2.05) is 0 Å². The van der Waals surface area contributed by atoms with Crippen LogP contribution >= 0.6 is 0 Å². The van der Waals surface area contributed by atoms with Crippen LogP contribution in [0.15, 0.2) is 24.3 Å². The van der Waals surface area contributed by atoms with Gasteiger partial charge in [-0.05, 0) is 43.9 Å². The Morgan fingerprint density at radius 2 is 1.73 bits per heavy atom. The molecule has 1 rings (SSSR count). The Hall–Kier alpha value is -1.85. The molecule has 3 nitrogen and oxygen atoms in total. The Bertz CT molecular complexity index is 492. The van der Waals surface area contributed by atoms with Crippen LogP contribution in [0.5, 0.6) is 0 Å². The van der Waals surface area contributed by atoms with Gasteiger partial charge in [0.05, 0.1) is 12.2 Å². The Morgan fingerprint density at radius 3 is 2.27 bits per heavy atom. The number of esters is 1. The predicted molar refractivity (Wildman–Crippen MR) is 75.6 cm³/mol. The molecule has 0 saturated heterocycles. The summed E-state index contributed by atoms with van der Waals surface area (Å²) in [7, 11) is 0. The van der Waals surface area contributed by atoms with Crippen molar-refractivity contribution in [2.24, 2.45) is 0 Å². The maximum absolute atomic E-state index is 12.1. The highest BCUT2D eigenvalue weighted by molar-refractivity contribution is 5.89. The van der Waals surface area contributed by atoms with Crippen LogP contribution in [0, 0.1) is 0 Å². The normalized spacial score (nSPS) is 11.3.